The fraction of sp³-hybridized carbons (Fsp3) is 0.174. The maximum Gasteiger partial charge on any atom is 0.254 e. The van der Waals surface area contributed by atoms with E-state index in [1.54, 1.807) is 47.6 Å². The minimum Gasteiger partial charge on any atom is -0.327 e. The second-order valence-corrected chi connectivity index (χ2v) is 6.97. The second kappa shape index (κ2) is 8.22. The van der Waals surface area contributed by atoms with E-state index < -0.39 is 6.04 Å². The van der Waals surface area contributed by atoms with Crippen LogP contribution in [0.2, 0.25) is 0 Å². The Morgan fingerprint density at radius 3 is 2.52 bits per heavy atom. The molecule has 0 saturated carbocycles. The van der Waals surface area contributed by atoms with Crippen molar-refractivity contribution in [2.45, 2.75) is 18.9 Å². The van der Waals surface area contributed by atoms with E-state index in [1.165, 1.54) is 12.1 Å². The largest absolute Gasteiger partial charge is 0.327 e. The number of aromatic nitrogens is 1. The fourth-order valence-electron chi connectivity index (χ4n) is 3.59. The quantitative estimate of drug-likeness (QED) is 0.730. The molecule has 5 nitrogen and oxygen atoms in total. The number of carbonyl (C=O) groups excluding carboxylic acids is 2. The van der Waals surface area contributed by atoms with E-state index in [2.05, 4.69) is 10.3 Å². The molecule has 2 aromatic carbocycles. The van der Waals surface area contributed by atoms with Crippen molar-refractivity contribution in [1.82, 2.24) is 9.88 Å². The molecular formula is C23H20FN3O2. The van der Waals surface area contributed by atoms with Gasteiger partial charge in [-0.1, -0.05) is 24.3 Å². The average molecular weight is 389 g/mol. The zero-order chi connectivity index (χ0) is 20.2. The summed E-state index contributed by atoms with van der Waals surface area (Å²) in [5.41, 5.74) is 2.90. The van der Waals surface area contributed by atoms with Crippen LogP contribution < -0.4 is 5.32 Å². The SMILES string of the molecule is O=C(Nc1cccc(-c2ccc(F)cc2)c1)C1CCCN1C(=O)c1ccncc1. The van der Waals surface area contributed by atoms with Gasteiger partial charge in [-0.2, -0.15) is 0 Å². The molecule has 6 heteroatoms. The van der Waals surface area contributed by atoms with Gasteiger partial charge in [-0.25, -0.2) is 4.39 Å². The van der Waals surface area contributed by atoms with Crippen LogP contribution in [0.3, 0.4) is 0 Å². The van der Waals surface area contributed by atoms with Gasteiger partial charge in [0.25, 0.3) is 5.91 Å². The zero-order valence-electron chi connectivity index (χ0n) is 15.7. The van der Waals surface area contributed by atoms with Crippen molar-refractivity contribution >= 4 is 17.5 Å². The summed E-state index contributed by atoms with van der Waals surface area (Å²) in [4.78, 5) is 31.2. The maximum atomic E-state index is 13.2. The first-order valence-electron chi connectivity index (χ1n) is 9.50. The highest BCUT2D eigenvalue weighted by atomic mass is 19.1. The van der Waals surface area contributed by atoms with E-state index in [0.29, 0.717) is 24.2 Å². The number of rotatable bonds is 4. The van der Waals surface area contributed by atoms with E-state index in [9.17, 15) is 14.0 Å². The molecule has 1 saturated heterocycles. The third kappa shape index (κ3) is 4.16. The lowest BCUT2D eigenvalue weighted by molar-refractivity contribution is -0.119. The van der Waals surface area contributed by atoms with Crippen LogP contribution in [0.5, 0.6) is 0 Å². The summed E-state index contributed by atoms with van der Waals surface area (Å²) in [6, 6.07) is 16.4. The van der Waals surface area contributed by atoms with Gasteiger partial charge in [0.15, 0.2) is 0 Å². The number of halogens is 1. The van der Waals surface area contributed by atoms with Gasteiger partial charge in [0.1, 0.15) is 11.9 Å². The Balaban J connectivity index is 1.49. The van der Waals surface area contributed by atoms with Crippen molar-refractivity contribution in [3.05, 3.63) is 84.4 Å². The maximum absolute atomic E-state index is 13.2. The smallest absolute Gasteiger partial charge is 0.254 e. The Labute approximate surface area is 168 Å². The predicted molar refractivity (Wildman–Crippen MR) is 109 cm³/mol. The average Bonchev–Trinajstić information content (AvgIpc) is 3.25. The van der Waals surface area contributed by atoms with Crippen LogP contribution in [-0.4, -0.2) is 34.3 Å². The van der Waals surface area contributed by atoms with Crippen LogP contribution in [0.15, 0.2) is 73.1 Å². The third-order valence-electron chi connectivity index (χ3n) is 5.05. The normalized spacial score (nSPS) is 15.9. The van der Waals surface area contributed by atoms with E-state index in [1.807, 2.05) is 18.2 Å². The highest BCUT2D eigenvalue weighted by Gasteiger charge is 2.34. The summed E-state index contributed by atoms with van der Waals surface area (Å²) in [5.74, 6) is -0.662. The van der Waals surface area contributed by atoms with Crippen LogP contribution in [0.4, 0.5) is 10.1 Å². The van der Waals surface area contributed by atoms with Crippen molar-refractivity contribution in [1.29, 1.82) is 0 Å². The molecule has 1 atom stereocenters. The molecule has 3 aromatic rings. The first kappa shape index (κ1) is 18.8. The van der Waals surface area contributed by atoms with Crippen LogP contribution in [0.1, 0.15) is 23.2 Å². The van der Waals surface area contributed by atoms with Gasteiger partial charge in [0.05, 0.1) is 0 Å². The number of nitrogens with zero attached hydrogens (tertiary/aromatic N) is 2. The van der Waals surface area contributed by atoms with E-state index >= 15 is 0 Å². The molecule has 1 aliphatic rings. The number of anilines is 1. The zero-order valence-corrected chi connectivity index (χ0v) is 15.7. The van der Waals surface area contributed by atoms with Gasteiger partial charge in [-0.3, -0.25) is 14.6 Å². The Hall–Kier alpha value is -3.54. The number of hydrogen-bond donors (Lipinski definition) is 1. The van der Waals surface area contributed by atoms with Gasteiger partial charge in [0, 0.05) is 30.2 Å². The molecule has 0 radical (unpaired) electrons. The monoisotopic (exact) mass is 389 g/mol. The van der Waals surface area contributed by atoms with Gasteiger partial charge in [-0.15, -0.1) is 0 Å². The third-order valence-corrected chi connectivity index (χ3v) is 5.05. The Kier molecular flexibility index (Phi) is 5.33. The molecule has 2 amide bonds. The summed E-state index contributed by atoms with van der Waals surface area (Å²) in [5, 5.41) is 2.92. The lowest BCUT2D eigenvalue weighted by Crippen LogP contribution is -2.43. The predicted octanol–water partition coefficient (Wildman–Crippen LogP) is 4.13. The van der Waals surface area contributed by atoms with Crippen LogP contribution in [0.25, 0.3) is 11.1 Å². The molecule has 1 aliphatic heterocycles. The van der Waals surface area contributed by atoms with Crippen molar-refractivity contribution in [2.24, 2.45) is 0 Å². The summed E-state index contributed by atoms with van der Waals surface area (Å²) < 4.78 is 13.2. The summed E-state index contributed by atoms with van der Waals surface area (Å²) in [6.07, 6.45) is 4.55. The van der Waals surface area contributed by atoms with Crippen molar-refractivity contribution in [2.75, 3.05) is 11.9 Å². The minimum atomic E-state index is -0.509. The number of amides is 2. The number of benzene rings is 2. The molecular weight excluding hydrogens is 369 g/mol. The van der Waals surface area contributed by atoms with Gasteiger partial charge in [0.2, 0.25) is 5.91 Å². The number of nitrogens with one attached hydrogen (secondary N) is 1. The lowest BCUT2D eigenvalue weighted by atomic mass is 10.0. The minimum absolute atomic E-state index is 0.162. The van der Waals surface area contributed by atoms with E-state index in [4.69, 9.17) is 0 Å². The van der Waals surface area contributed by atoms with Gasteiger partial charge in [-0.05, 0) is 60.4 Å². The van der Waals surface area contributed by atoms with E-state index in [0.717, 1.165) is 17.5 Å². The van der Waals surface area contributed by atoms with Crippen molar-refractivity contribution in [3.63, 3.8) is 0 Å². The van der Waals surface area contributed by atoms with Gasteiger partial charge < -0.3 is 10.2 Å². The van der Waals surface area contributed by atoms with Crippen LogP contribution in [-0.2, 0) is 4.79 Å². The highest BCUT2D eigenvalue weighted by Crippen LogP contribution is 2.25. The Morgan fingerprint density at radius 1 is 1.00 bits per heavy atom. The molecule has 0 aliphatic carbocycles. The first-order valence-corrected chi connectivity index (χ1v) is 9.50. The summed E-state index contributed by atoms with van der Waals surface area (Å²) in [7, 11) is 0. The number of pyridine rings is 1. The summed E-state index contributed by atoms with van der Waals surface area (Å²) >= 11 is 0. The number of likely N-dealkylation sites (tertiary alicyclic amines) is 1. The Bertz CT molecular complexity index is 1020. The van der Waals surface area contributed by atoms with Gasteiger partial charge >= 0.3 is 0 Å². The highest BCUT2D eigenvalue weighted by molar-refractivity contribution is 6.01. The molecule has 4 rings (SSSR count). The van der Waals surface area contributed by atoms with Crippen molar-refractivity contribution < 1.29 is 14.0 Å². The molecule has 1 fully saturated rings. The lowest BCUT2D eigenvalue weighted by Gasteiger charge is -2.24. The molecule has 146 valence electrons. The Morgan fingerprint density at radius 2 is 1.76 bits per heavy atom. The topological polar surface area (TPSA) is 62.3 Å². The van der Waals surface area contributed by atoms with Crippen molar-refractivity contribution in [3.8, 4) is 11.1 Å². The molecule has 1 N–H and O–H groups in total. The molecule has 0 bridgehead atoms. The molecule has 0 spiro atoms. The van der Waals surface area contributed by atoms with Crippen LogP contribution in [0, 0.1) is 5.82 Å². The molecule has 1 unspecified atom stereocenters. The summed E-state index contributed by atoms with van der Waals surface area (Å²) in [6.45, 7) is 0.550. The van der Waals surface area contributed by atoms with Crippen LogP contribution >= 0.6 is 0 Å². The first-order chi connectivity index (χ1) is 14.1. The molecule has 1 aromatic heterocycles. The number of carbonyl (C=O) groups is 2. The fourth-order valence-corrected chi connectivity index (χ4v) is 3.59. The molecule has 29 heavy (non-hydrogen) atoms. The standard InChI is InChI=1S/C23H20FN3O2/c24-19-8-6-16(7-9-19)18-3-1-4-20(15-18)26-22(28)21-5-2-14-27(21)23(29)17-10-12-25-13-11-17/h1,3-4,6-13,15,21H,2,5,14H2,(H,26,28). The number of hydrogen-bond acceptors (Lipinski definition) is 3. The second-order valence-electron chi connectivity index (χ2n) is 6.97. The van der Waals surface area contributed by atoms with E-state index in [-0.39, 0.29) is 17.6 Å². The molecule has 2 heterocycles.